The van der Waals surface area contributed by atoms with Crippen molar-refractivity contribution >= 4 is 17.8 Å². The molecule has 0 radical (unpaired) electrons. The lowest BCUT2D eigenvalue weighted by Crippen LogP contribution is -2.54. The molecular formula is C20H27N3O4. The van der Waals surface area contributed by atoms with Crippen LogP contribution in [-0.2, 0) is 9.59 Å². The summed E-state index contributed by atoms with van der Waals surface area (Å²) in [6.45, 7) is 4.33. The first-order valence-electron chi connectivity index (χ1n) is 9.52. The average molecular weight is 373 g/mol. The molecule has 1 aliphatic heterocycles. The highest BCUT2D eigenvalue weighted by Crippen LogP contribution is 2.38. The van der Waals surface area contributed by atoms with E-state index >= 15 is 0 Å². The number of imide groups is 1. The van der Waals surface area contributed by atoms with Crippen molar-refractivity contribution in [3.63, 3.8) is 0 Å². The van der Waals surface area contributed by atoms with Crippen LogP contribution < -0.4 is 15.4 Å². The third kappa shape index (κ3) is 4.07. The van der Waals surface area contributed by atoms with Crippen LogP contribution in [0, 0.1) is 12.8 Å². The summed E-state index contributed by atoms with van der Waals surface area (Å²) in [4.78, 5) is 38.3. The minimum Gasteiger partial charge on any atom is -0.492 e. The molecule has 1 saturated carbocycles. The number of nitrogens with one attached hydrogen (secondary N) is 2. The first-order chi connectivity index (χ1) is 12.9. The Morgan fingerprint density at radius 3 is 2.93 bits per heavy atom. The molecule has 146 valence electrons. The summed E-state index contributed by atoms with van der Waals surface area (Å²) >= 11 is 0. The normalized spacial score (nSPS) is 24.8. The maximum absolute atomic E-state index is 12.8. The molecule has 1 heterocycles. The van der Waals surface area contributed by atoms with E-state index in [0.29, 0.717) is 19.6 Å². The van der Waals surface area contributed by atoms with Gasteiger partial charge in [0.05, 0.1) is 6.54 Å². The average Bonchev–Trinajstić information content (AvgIpc) is 2.86. The number of nitrogens with zero attached hydrogens (tertiary/aromatic N) is 1. The second-order valence-electron chi connectivity index (χ2n) is 7.45. The molecule has 1 spiro atoms. The number of carbonyl (C=O) groups is 3. The van der Waals surface area contributed by atoms with Gasteiger partial charge in [-0.2, -0.15) is 0 Å². The predicted molar refractivity (Wildman–Crippen MR) is 100 cm³/mol. The van der Waals surface area contributed by atoms with E-state index in [1.165, 1.54) is 0 Å². The van der Waals surface area contributed by atoms with Crippen LogP contribution in [0.15, 0.2) is 24.3 Å². The van der Waals surface area contributed by atoms with Crippen LogP contribution in [0.25, 0.3) is 0 Å². The van der Waals surface area contributed by atoms with E-state index in [-0.39, 0.29) is 24.3 Å². The molecule has 0 bridgehead atoms. The number of carbonyl (C=O) groups excluding carboxylic acids is 3. The minimum absolute atomic E-state index is 0.0819. The fraction of sp³-hybridized carbons (Fsp3) is 0.550. The summed E-state index contributed by atoms with van der Waals surface area (Å²) in [5.74, 6) is 0.183. The fourth-order valence-corrected chi connectivity index (χ4v) is 3.90. The first kappa shape index (κ1) is 19.2. The third-order valence-corrected chi connectivity index (χ3v) is 5.49. The lowest BCUT2D eigenvalue weighted by molar-refractivity contribution is -0.137. The summed E-state index contributed by atoms with van der Waals surface area (Å²) in [5, 5.41) is 5.55. The summed E-state index contributed by atoms with van der Waals surface area (Å²) in [7, 11) is 0. The first-order valence-corrected chi connectivity index (χ1v) is 9.52. The van der Waals surface area contributed by atoms with Crippen molar-refractivity contribution in [1.29, 1.82) is 0 Å². The van der Waals surface area contributed by atoms with Gasteiger partial charge in [-0.1, -0.05) is 31.9 Å². The van der Waals surface area contributed by atoms with Crippen LogP contribution in [0.3, 0.4) is 0 Å². The topological polar surface area (TPSA) is 87.7 Å². The van der Waals surface area contributed by atoms with Gasteiger partial charge in [-0.05, 0) is 43.4 Å². The zero-order valence-corrected chi connectivity index (χ0v) is 15.9. The van der Waals surface area contributed by atoms with Crippen LogP contribution in [0.5, 0.6) is 5.75 Å². The molecule has 2 N–H and O–H groups in total. The van der Waals surface area contributed by atoms with Crippen molar-refractivity contribution in [2.24, 2.45) is 5.92 Å². The monoisotopic (exact) mass is 373 g/mol. The molecule has 2 fully saturated rings. The molecule has 1 aliphatic carbocycles. The van der Waals surface area contributed by atoms with Crippen molar-refractivity contribution in [2.45, 2.75) is 45.1 Å². The highest BCUT2D eigenvalue weighted by atomic mass is 16.5. The highest BCUT2D eigenvalue weighted by Gasteiger charge is 2.55. The zero-order chi connectivity index (χ0) is 19.4. The number of urea groups is 1. The molecule has 7 heteroatoms. The van der Waals surface area contributed by atoms with Gasteiger partial charge in [-0.3, -0.25) is 14.5 Å². The van der Waals surface area contributed by atoms with Gasteiger partial charge in [0.15, 0.2) is 0 Å². The Kier molecular flexibility index (Phi) is 5.68. The predicted octanol–water partition coefficient (Wildman–Crippen LogP) is 1.99. The van der Waals surface area contributed by atoms with Gasteiger partial charge in [0.25, 0.3) is 5.91 Å². The van der Waals surface area contributed by atoms with E-state index < -0.39 is 11.6 Å². The van der Waals surface area contributed by atoms with Gasteiger partial charge in [-0.25, -0.2) is 4.79 Å². The molecule has 27 heavy (non-hydrogen) atoms. The van der Waals surface area contributed by atoms with Crippen LogP contribution in [0.1, 0.15) is 38.2 Å². The molecule has 1 aromatic carbocycles. The van der Waals surface area contributed by atoms with Crippen LogP contribution >= 0.6 is 0 Å². The SMILES string of the molecule is Cc1cccc(OCCNC(=O)CN2C(=O)NC3(CCCCC3C)C2=O)c1. The molecule has 3 rings (SSSR count). The molecule has 2 unspecified atom stereocenters. The summed E-state index contributed by atoms with van der Waals surface area (Å²) in [5.41, 5.74) is 0.269. The van der Waals surface area contributed by atoms with E-state index in [0.717, 1.165) is 35.5 Å². The van der Waals surface area contributed by atoms with E-state index in [1.54, 1.807) is 0 Å². The molecule has 1 aromatic rings. The Morgan fingerprint density at radius 2 is 2.19 bits per heavy atom. The molecule has 4 amide bonds. The Hall–Kier alpha value is -2.57. The number of amides is 4. The molecule has 2 atom stereocenters. The molecule has 2 aliphatic rings. The molecule has 7 nitrogen and oxygen atoms in total. The smallest absolute Gasteiger partial charge is 0.325 e. The number of aryl methyl sites for hydroxylation is 1. The van der Waals surface area contributed by atoms with Crippen LogP contribution in [-0.4, -0.2) is 48.0 Å². The van der Waals surface area contributed by atoms with Gasteiger partial charge in [0, 0.05) is 0 Å². The standard InChI is InChI=1S/C20H27N3O4/c1-14-6-5-8-16(12-14)27-11-10-21-17(24)13-23-18(25)20(22-19(23)26)9-4-3-7-15(20)2/h5-6,8,12,15H,3-4,7,9-11,13H2,1-2H3,(H,21,24)(H,22,26). The quantitative estimate of drug-likeness (QED) is 0.590. The maximum atomic E-state index is 12.8. The maximum Gasteiger partial charge on any atom is 0.325 e. The minimum atomic E-state index is -0.829. The summed E-state index contributed by atoms with van der Waals surface area (Å²) in [6.07, 6.45) is 3.52. The van der Waals surface area contributed by atoms with Gasteiger partial charge in [-0.15, -0.1) is 0 Å². The number of hydrogen-bond acceptors (Lipinski definition) is 4. The van der Waals surface area contributed by atoms with Crippen molar-refractivity contribution in [2.75, 3.05) is 19.7 Å². The number of hydrogen-bond donors (Lipinski definition) is 2. The van der Waals surface area contributed by atoms with E-state index in [9.17, 15) is 14.4 Å². The lowest BCUT2D eigenvalue weighted by Gasteiger charge is -2.36. The largest absolute Gasteiger partial charge is 0.492 e. The number of benzene rings is 1. The van der Waals surface area contributed by atoms with Crippen molar-refractivity contribution < 1.29 is 19.1 Å². The summed E-state index contributed by atoms with van der Waals surface area (Å²) < 4.78 is 5.58. The van der Waals surface area contributed by atoms with Gasteiger partial charge >= 0.3 is 6.03 Å². The van der Waals surface area contributed by atoms with E-state index in [1.807, 2.05) is 38.1 Å². The van der Waals surface area contributed by atoms with Crippen LogP contribution in [0.2, 0.25) is 0 Å². The third-order valence-electron chi connectivity index (χ3n) is 5.49. The summed E-state index contributed by atoms with van der Waals surface area (Å²) in [6, 6.07) is 7.18. The van der Waals surface area contributed by atoms with Gasteiger partial charge < -0.3 is 15.4 Å². The Balaban J connectivity index is 1.47. The second kappa shape index (κ2) is 7.98. The van der Waals surface area contributed by atoms with Crippen molar-refractivity contribution in [3.8, 4) is 5.75 Å². The second-order valence-corrected chi connectivity index (χ2v) is 7.45. The molecule has 0 aromatic heterocycles. The highest BCUT2D eigenvalue weighted by molar-refractivity contribution is 6.09. The van der Waals surface area contributed by atoms with Crippen molar-refractivity contribution in [3.05, 3.63) is 29.8 Å². The van der Waals surface area contributed by atoms with Crippen molar-refractivity contribution in [1.82, 2.24) is 15.5 Å². The fourth-order valence-electron chi connectivity index (χ4n) is 3.90. The molecular weight excluding hydrogens is 346 g/mol. The van der Waals surface area contributed by atoms with Gasteiger partial charge in [0.2, 0.25) is 5.91 Å². The lowest BCUT2D eigenvalue weighted by atomic mass is 9.73. The molecule has 1 saturated heterocycles. The van der Waals surface area contributed by atoms with Crippen LogP contribution in [0.4, 0.5) is 4.79 Å². The zero-order valence-electron chi connectivity index (χ0n) is 15.9. The Morgan fingerprint density at radius 1 is 1.37 bits per heavy atom. The number of rotatable bonds is 6. The Labute approximate surface area is 159 Å². The van der Waals surface area contributed by atoms with E-state index in [4.69, 9.17) is 4.74 Å². The van der Waals surface area contributed by atoms with Gasteiger partial charge in [0.1, 0.15) is 24.4 Å². The van der Waals surface area contributed by atoms with E-state index in [2.05, 4.69) is 10.6 Å². The number of ether oxygens (including phenoxy) is 1. The Bertz CT molecular complexity index is 736.